The second kappa shape index (κ2) is 8.00. The minimum Gasteiger partial charge on any atom is -0.479 e. The average molecular weight is 398 g/mol. The van der Waals surface area contributed by atoms with Gasteiger partial charge < -0.3 is 10.5 Å². The fourth-order valence-corrected chi connectivity index (χ4v) is 3.21. The number of nitrogens with zero attached hydrogens (tertiary/aromatic N) is 3. The first-order valence-corrected chi connectivity index (χ1v) is 9.16. The Morgan fingerprint density at radius 3 is 2.27 bits per heavy atom. The lowest BCUT2D eigenvalue weighted by Gasteiger charge is -2.22. The minimum atomic E-state index is -0.696. The van der Waals surface area contributed by atoms with Gasteiger partial charge >= 0.3 is 6.03 Å². The zero-order valence-electron chi connectivity index (χ0n) is 16.1. The molecule has 0 unspecified atom stereocenters. The Labute approximate surface area is 172 Å². The van der Waals surface area contributed by atoms with Crippen molar-refractivity contribution in [1.29, 1.82) is 0 Å². The molecule has 2 aromatic carbocycles. The molecule has 0 saturated heterocycles. The Hall–Kier alpha value is -4.26. The first-order chi connectivity index (χ1) is 14.6. The second-order valence-electron chi connectivity index (χ2n) is 6.50. The van der Waals surface area contributed by atoms with Crippen molar-refractivity contribution in [2.45, 2.75) is 0 Å². The van der Waals surface area contributed by atoms with Crippen LogP contribution in [-0.4, -0.2) is 28.9 Å². The van der Waals surface area contributed by atoms with Gasteiger partial charge in [0.1, 0.15) is 5.69 Å². The molecule has 0 spiro atoms. The number of para-hydroxylation sites is 1. The maximum atomic E-state index is 12.6. The van der Waals surface area contributed by atoms with Gasteiger partial charge in [-0.25, -0.2) is 9.78 Å². The number of nitrogens with two attached hydrogens (primary N) is 1. The number of urea groups is 1. The summed E-state index contributed by atoms with van der Waals surface area (Å²) in [5.41, 5.74) is 8.34. The second-order valence-corrected chi connectivity index (χ2v) is 6.50. The number of pyridine rings is 2. The highest BCUT2D eigenvalue weighted by Crippen LogP contribution is 2.35. The average Bonchev–Trinajstić information content (AvgIpc) is 2.79. The molecule has 0 saturated carbocycles. The molecule has 4 aromatic rings. The van der Waals surface area contributed by atoms with Crippen LogP contribution in [-0.2, 0) is 0 Å². The molecule has 0 aliphatic heterocycles. The highest BCUT2D eigenvalue weighted by atomic mass is 16.5. The van der Waals surface area contributed by atoms with E-state index in [4.69, 9.17) is 10.5 Å². The summed E-state index contributed by atoms with van der Waals surface area (Å²) in [4.78, 5) is 34.7. The number of amides is 2. The third-order valence-electron chi connectivity index (χ3n) is 4.65. The number of hydrogen-bond acceptors (Lipinski definition) is 5. The summed E-state index contributed by atoms with van der Waals surface area (Å²) >= 11 is 0. The third kappa shape index (κ3) is 3.56. The van der Waals surface area contributed by atoms with Crippen molar-refractivity contribution < 1.29 is 14.3 Å². The van der Waals surface area contributed by atoms with E-state index in [9.17, 15) is 9.59 Å². The number of anilines is 2. The Bertz CT molecular complexity index is 1220. The molecule has 30 heavy (non-hydrogen) atoms. The predicted molar refractivity (Wildman–Crippen MR) is 114 cm³/mol. The van der Waals surface area contributed by atoms with Crippen LogP contribution in [0.3, 0.4) is 0 Å². The summed E-state index contributed by atoms with van der Waals surface area (Å²) < 4.78 is 5.41. The van der Waals surface area contributed by atoms with Gasteiger partial charge in [-0.1, -0.05) is 18.2 Å². The van der Waals surface area contributed by atoms with Gasteiger partial charge in [-0.2, -0.15) is 0 Å². The van der Waals surface area contributed by atoms with Crippen LogP contribution in [0, 0.1) is 0 Å². The van der Waals surface area contributed by atoms with Crippen molar-refractivity contribution in [1.82, 2.24) is 9.97 Å². The number of primary amides is 1. The van der Waals surface area contributed by atoms with Gasteiger partial charge in [0.2, 0.25) is 5.88 Å². The smallest absolute Gasteiger partial charge is 0.324 e. The van der Waals surface area contributed by atoms with E-state index in [0.29, 0.717) is 22.5 Å². The van der Waals surface area contributed by atoms with Crippen molar-refractivity contribution in [2.24, 2.45) is 5.73 Å². The van der Waals surface area contributed by atoms with E-state index in [2.05, 4.69) is 9.97 Å². The fourth-order valence-electron chi connectivity index (χ4n) is 3.21. The maximum Gasteiger partial charge on any atom is 0.324 e. The number of hydrogen-bond donors (Lipinski definition) is 1. The normalized spacial score (nSPS) is 10.6. The van der Waals surface area contributed by atoms with Crippen LogP contribution < -0.4 is 15.4 Å². The maximum absolute atomic E-state index is 12.6. The molecule has 0 radical (unpaired) electrons. The largest absolute Gasteiger partial charge is 0.479 e. The monoisotopic (exact) mass is 398 g/mol. The van der Waals surface area contributed by atoms with E-state index in [1.54, 1.807) is 54.9 Å². The number of ketones is 1. The van der Waals surface area contributed by atoms with Crippen LogP contribution in [0.25, 0.3) is 10.9 Å². The van der Waals surface area contributed by atoms with E-state index >= 15 is 0 Å². The van der Waals surface area contributed by atoms with Crippen LogP contribution in [0.2, 0.25) is 0 Å². The summed E-state index contributed by atoms with van der Waals surface area (Å²) in [7, 11) is 1.48. The number of rotatable bonds is 5. The number of carbonyl (C=O) groups is 2. The molecule has 4 rings (SSSR count). The van der Waals surface area contributed by atoms with Crippen molar-refractivity contribution >= 4 is 34.1 Å². The summed E-state index contributed by atoms with van der Waals surface area (Å²) in [5.74, 6) is 0.129. The van der Waals surface area contributed by atoms with E-state index in [-0.39, 0.29) is 11.7 Å². The van der Waals surface area contributed by atoms with Crippen LogP contribution in [0.1, 0.15) is 15.9 Å². The van der Waals surface area contributed by atoms with E-state index in [1.807, 2.05) is 24.3 Å². The molecular weight excluding hydrogens is 380 g/mol. The Morgan fingerprint density at radius 1 is 0.933 bits per heavy atom. The van der Waals surface area contributed by atoms with Crippen molar-refractivity contribution in [3.8, 4) is 5.88 Å². The third-order valence-corrected chi connectivity index (χ3v) is 4.65. The molecule has 2 amide bonds. The molecule has 0 aliphatic carbocycles. The van der Waals surface area contributed by atoms with Gasteiger partial charge in [-0.3, -0.25) is 14.7 Å². The Morgan fingerprint density at radius 2 is 1.60 bits per heavy atom. The highest BCUT2D eigenvalue weighted by Gasteiger charge is 2.21. The number of ether oxygens (including phenoxy) is 1. The van der Waals surface area contributed by atoms with E-state index in [0.717, 1.165) is 10.9 Å². The van der Waals surface area contributed by atoms with Crippen LogP contribution in [0.4, 0.5) is 16.2 Å². The highest BCUT2D eigenvalue weighted by molar-refractivity contribution is 6.09. The van der Waals surface area contributed by atoms with Gasteiger partial charge in [0.15, 0.2) is 5.78 Å². The summed E-state index contributed by atoms with van der Waals surface area (Å²) in [6.07, 6.45) is 3.13. The minimum absolute atomic E-state index is 0.139. The lowest BCUT2D eigenvalue weighted by atomic mass is 10.0. The zero-order chi connectivity index (χ0) is 21.1. The number of aromatic nitrogens is 2. The first kappa shape index (κ1) is 19.1. The topological polar surface area (TPSA) is 98.4 Å². The standard InChI is InChI=1S/C23H18N4O3/c1-30-22-20(14-17-4-2-3-5-19(17)26-22)27(23(24)29)18-8-6-15(7-9-18)21(28)16-10-12-25-13-11-16/h2-14H,1H3,(H2,24,29). The summed E-state index contributed by atoms with van der Waals surface area (Å²) in [5, 5.41) is 0.837. The first-order valence-electron chi connectivity index (χ1n) is 9.16. The molecule has 7 nitrogen and oxygen atoms in total. The molecular formula is C23H18N4O3. The number of benzene rings is 2. The molecule has 2 heterocycles. The molecule has 7 heteroatoms. The van der Waals surface area contributed by atoms with Crippen molar-refractivity contribution in [3.05, 3.63) is 90.3 Å². The van der Waals surface area contributed by atoms with E-state index in [1.165, 1.54) is 12.0 Å². The van der Waals surface area contributed by atoms with Gasteiger partial charge in [0, 0.05) is 28.9 Å². The van der Waals surface area contributed by atoms with Crippen molar-refractivity contribution in [2.75, 3.05) is 12.0 Å². The fraction of sp³-hybridized carbons (Fsp3) is 0.0435. The van der Waals surface area contributed by atoms with Crippen molar-refractivity contribution in [3.63, 3.8) is 0 Å². The van der Waals surface area contributed by atoms with E-state index < -0.39 is 6.03 Å². The van der Waals surface area contributed by atoms with Gasteiger partial charge in [0.05, 0.1) is 18.3 Å². The van der Waals surface area contributed by atoms with Crippen LogP contribution >= 0.6 is 0 Å². The zero-order valence-corrected chi connectivity index (χ0v) is 16.1. The van der Waals surface area contributed by atoms with Gasteiger partial charge in [-0.05, 0) is 48.5 Å². The number of methoxy groups -OCH3 is 1. The summed E-state index contributed by atoms with van der Waals surface area (Å²) in [6, 6.07) is 18.5. The Kier molecular flexibility index (Phi) is 5.09. The quantitative estimate of drug-likeness (QED) is 0.511. The molecule has 0 bridgehead atoms. The lowest BCUT2D eigenvalue weighted by molar-refractivity contribution is 0.103. The molecule has 0 aliphatic rings. The SMILES string of the molecule is COc1nc2ccccc2cc1N(C(N)=O)c1ccc(C(=O)c2ccncc2)cc1. The molecule has 148 valence electrons. The lowest BCUT2D eigenvalue weighted by Crippen LogP contribution is -2.32. The molecule has 2 N–H and O–H groups in total. The molecule has 2 aromatic heterocycles. The number of carbonyl (C=O) groups excluding carboxylic acids is 2. The predicted octanol–water partition coefficient (Wildman–Crippen LogP) is 4.09. The van der Waals surface area contributed by atoms with Gasteiger partial charge in [-0.15, -0.1) is 0 Å². The number of fused-ring (bicyclic) bond motifs is 1. The molecule has 0 atom stereocenters. The van der Waals surface area contributed by atoms with Crippen LogP contribution in [0.5, 0.6) is 5.88 Å². The summed E-state index contributed by atoms with van der Waals surface area (Å²) in [6.45, 7) is 0. The Balaban J connectivity index is 1.75. The van der Waals surface area contributed by atoms with Crippen LogP contribution in [0.15, 0.2) is 79.1 Å². The van der Waals surface area contributed by atoms with Gasteiger partial charge in [0.25, 0.3) is 0 Å². The molecule has 0 fully saturated rings.